The minimum Gasteiger partial charge on any atom is -0.480 e. The lowest BCUT2D eigenvalue weighted by Gasteiger charge is -2.14. The van der Waals surface area contributed by atoms with Crippen LogP contribution in [0, 0.1) is 0 Å². The second-order valence-electron chi connectivity index (χ2n) is 4.22. The molecule has 9 heteroatoms. The molecule has 0 spiro atoms. The van der Waals surface area contributed by atoms with Crippen LogP contribution in [0.2, 0.25) is 0 Å². The fraction of sp³-hybridized carbons (Fsp3) is 0.308. The molecule has 0 heterocycles. The monoisotopic (exact) mass is 319 g/mol. The summed E-state index contributed by atoms with van der Waals surface area (Å²) in [4.78, 5) is 32.9. The van der Waals surface area contributed by atoms with Crippen LogP contribution in [0.15, 0.2) is 30.3 Å². The van der Waals surface area contributed by atoms with E-state index >= 15 is 0 Å². The van der Waals surface area contributed by atoms with E-state index < -0.39 is 36.5 Å². The normalized spacial score (nSPS) is 12.3. The number of ether oxygens (including phenoxy) is 1. The zero-order chi connectivity index (χ0) is 16.8. The van der Waals surface area contributed by atoms with Crippen molar-refractivity contribution in [2.75, 3.05) is 0 Å². The van der Waals surface area contributed by atoms with E-state index in [1.165, 1.54) is 0 Å². The Morgan fingerprint density at radius 1 is 1.18 bits per heavy atom. The van der Waals surface area contributed by atoms with Crippen LogP contribution in [-0.2, 0) is 20.9 Å². The second kappa shape index (κ2) is 7.43. The molecule has 0 saturated heterocycles. The van der Waals surface area contributed by atoms with Crippen LogP contribution in [0.4, 0.5) is 18.0 Å². The van der Waals surface area contributed by atoms with E-state index in [0.717, 1.165) is 0 Å². The maximum atomic E-state index is 12.1. The molecule has 0 aliphatic rings. The van der Waals surface area contributed by atoms with Crippen molar-refractivity contribution in [2.24, 2.45) is 0 Å². The van der Waals surface area contributed by atoms with Gasteiger partial charge in [-0.25, -0.2) is 9.59 Å². The van der Waals surface area contributed by atoms with Gasteiger partial charge in [-0.15, -0.1) is 0 Å². The molecule has 0 aliphatic carbocycles. The lowest BCUT2D eigenvalue weighted by Crippen LogP contribution is -2.44. The highest BCUT2D eigenvalue weighted by Gasteiger charge is 2.41. The van der Waals surface area contributed by atoms with Gasteiger partial charge in [-0.3, -0.25) is 4.79 Å². The number of rotatable bonds is 6. The zero-order valence-corrected chi connectivity index (χ0v) is 11.1. The highest BCUT2D eigenvalue weighted by Crippen LogP contribution is 2.18. The summed E-state index contributed by atoms with van der Waals surface area (Å²) in [6.07, 6.45) is -7.80. The molecule has 120 valence electrons. The number of hydrogen-bond donors (Lipinski definition) is 2. The number of carboxylic acids is 1. The van der Waals surface area contributed by atoms with Gasteiger partial charge in [-0.2, -0.15) is 13.2 Å². The second-order valence-corrected chi connectivity index (χ2v) is 4.22. The first kappa shape index (κ1) is 17.5. The number of aliphatic carboxylic acids is 1. The van der Waals surface area contributed by atoms with Gasteiger partial charge in [0.25, 0.3) is 0 Å². The minimum atomic E-state index is -5.16. The molecular formula is C13H12F3NO5. The first-order chi connectivity index (χ1) is 10.2. The predicted octanol–water partition coefficient (Wildman–Crippen LogP) is 1.89. The minimum absolute atomic E-state index is 0.188. The lowest BCUT2D eigenvalue weighted by atomic mass is 10.1. The number of nitrogens with one attached hydrogen (secondary N) is 1. The van der Waals surface area contributed by atoms with Gasteiger partial charge in [-0.1, -0.05) is 30.3 Å². The average Bonchev–Trinajstić information content (AvgIpc) is 2.44. The largest absolute Gasteiger partial charge is 0.480 e. The number of ketones is 1. The van der Waals surface area contributed by atoms with Crippen LogP contribution in [0.3, 0.4) is 0 Å². The molecule has 0 saturated carbocycles. The zero-order valence-electron chi connectivity index (χ0n) is 11.1. The van der Waals surface area contributed by atoms with E-state index in [4.69, 9.17) is 5.11 Å². The number of carbonyl (C=O) groups excluding carboxylic acids is 2. The Kier molecular flexibility index (Phi) is 5.90. The number of amides is 1. The first-order valence-corrected chi connectivity index (χ1v) is 6.00. The summed E-state index contributed by atoms with van der Waals surface area (Å²) in [6.45, 7) is -0.188. The average molecular weight is 319 g/mol. The molecule has 22 heavy (non-hydrogen) atoms. The number of carboxylic acid groups (broad SMARTS) is 1. The standard InChI is InChI=1S/C13H12F3NO5/c14-13(15,16)10(18)6-9(11(19)20)17-12(21)22-7-8-4-2-1-3-5-8/h1-5,9H,6-7H2,(H,17,21)(H,19,20)/t9-/m0/s1. The van der Waals surface area contributed by atoms with E-state index in [0.29, 0.717) is 5.56 Å². The number of hydrogen-bond acceptors (Lipinski definition) is 4. The molecule has 6 nitrogen and oxygen atoms in total. The third kappa shape index (κ3) is 5.81. The van der Waals surface area contributed by atoms with Crippen LogP contribution >= 0.6 is 0 Å². The van der Waals surface area contributed by atoms with Crippen LogP contribution in [-0.4, -0.2) is 35.2 Å². The number of alkyl carbamates (subject to hydrolysis) is 1. The van der Waals surface area contributed by atoms with Gasteiger partial charge in [0, 0.05) is 6.42 Å². The van der Waals surface area contributed by atoms with Crippen molar-refractivity contribution in [1.29, 1.82) is 0 Å². The summed E-state index contributed by atoms with van der Waals surface area (Å²) < 4.78 is 40.9. The van der Waals surface area contributed by atoms with Crippen molar-refractivity contribution in [3.05, 3.63) is 35.9 Å². The SMILES string of the molecule is O=C(N[C@@H](CC(=O)C(F)(F)F)C(=O)O)OCc1ccccc1. The summed E-state index contributed by atoms with van der Waals surface area (Å²) in [5.74, 6) is -4.02. The molecule has 0 aromatic heterocycles. The van der Waals surface area contributed by atoms with Gasteiger partial charge in [-0.05, 0) is 5.56 Å². The number of halogens is 3. The van der Waals surface area contributed by atoms with E-state index in [9.17, 15) is 27.6 Å². The van der Waals surface area contributed by atoms with Crippen molar-refractivity contribution >= 4 is 17.8 Å². The third-order valence-corrected chi connectivity index (χ3v) is 2.51. The molecule has 1 aromatic rings. The Morgan fingerprint density at radius 3 is 2.27 bits per heavy atom. The molecule has 0 unspecified atom stereocenters. The highest BCUT2D eigenvalue weighted by molar-refractivity contribution is 5.90. The van der Waals surface area contributed by atoms with E-state index in [-0.39, 0.29) is 6.61 Å². The molecule has 0 radical (unpaired) electrons. The molecule has 0 fully saturated rings. The highest BCUT2D eigenvalue weighted by atomic mass is 19.4. The topological polar surface area (TPSA) is 92.7 Å². The first-order valence-electron chi connectivity index (χ1n) is 6.00. The Bertz CT molecular complexity index is 544. The predicted molar refractivity (Wildman–Crippen MR) is 66.9 cm³/mol. The summed E-state index contributed by atoms with van der Waals surface area (Å²) in [5, 5.41) is 10.4. The van der Waals surface area contributed by atoms with E-state index in [2.05, 4.69) is 4.74 Å². The maximum Gasteiger partial charge on any atom is 0.450 e. The summed E-state index contributed by atoms with van der Waals surface area (Å²) in [7, 11) is 0. The molecule has 0 aliphatic heterocycles. The van der Waals surface area contributed by atoms with Gasteiger partial charge in [0.1, 0.15) is 12.6 Å². The molecule has 1 amide bonds. The Balaban J connectivity index is 2.54. The third-order valence-electron chi connectivity index (χ3n) is 2.51. The van der Waals surface area contributed by atoms with E-state index in [1.54, 1.807) is 35.6 Å². The Morgan fingerprint density at radius 2 is 1.77 bits per heavy atom. The van der Waals surface area contributed by atoms with Crippen molar-refractivity contribution in [2.45, 2.75) is 25.2 Å². The van der Waals surface area contributed by atoms with Crippen LogP contribution in [0.5, 0.6) is 0 Å². The van der Waals surface area contributed by atoms with Gasteiger partial charge in [0.15, 0.2) is 0 Å². The van der Waals surface area contributed by atoms with Crippen molar-refractivity contribution < 1.29 is 37.4 Å². The fourth-order valence-corrected chi connectivity index (χ4v) is 1.41. The van der Waals surface area contributed by atoms with Gasteiger partial charge < -0.3 is 15.2 Å². The summed E-state index contributed by atoms with van der Waals surface area (Å²) in [6, 6.07) is 6.34. The number of benzene rings is 1. The smallest absolute Gasteiger partial charge is 0.450 e. The fourth-order valence-electron chi connectivity index (χ4n) is 1.41. The maximum absolute atomic E-state index is 12.1. The molecular weight excluding hydrogens is 307 g/mol. The molecule has 1 aromatic carbocycles. The Hall–Kier alpha value is -2.58. The summed E-state index contributed by atoms with van der Waals surface area (Å²) >= 11 is 0. The molecule has 2 N–H and O–H groups in total. The van der Waals surface area contributed by atoms with E-state index in [1.807, 2.05) is 0 Å². The summed E-state index contributed by atoms with van der Waals surface area (Å²) in [5.41, 5.74) is 0.607. The van der Waals surface area contributed by atoms with Crippen LogP contribution in [0.25, 0.3) is 0 Å². The molecule has 1 atom stereocenters. The van der Waals surface area contributed by atoms with Crippen molar-refractivity contribution in [1.82, 2.24) is 5.32 Å². The molecule has 1 rings (SSSR count). The molecule has 0 bridgehead atoms. The van der Waals surface area contributed by atoms with Crippen LogP contribution in [0.1, 0.15) is 12.0 Å². The van der Waals surface area contributed by atoms with Gasteiger partial charge >= 0.3 is 18.2 Å². The number of alkyl halides is 3. The number of carbonyl (C=O) groups is 3. The quantitative estimate of drug-likeness (QED) is 0.835. The number of Topliss-reactive ketones (excluding diaryl/α,β-unsaturated/α-hetero) is 1. The Labute approximate surface area is 122 Å². The lowest BCUT2D eigenvalue weighted by molar-refractivity contribution is -0.172. The van der Waals surface area contributed by atoms with Gasteiger partial charge in [0.2, 0.25) is 5.78 Å². The van der Waals surface area contributed by atoms with Gasteiger partial charge in [0.05, 0.1) is 0 Å². The van der Waals surface area contributed by atoms with Crippen LogP contribution < -0.4 is 5.32 Å². The van der Waals surface area contributed by atoms with Crippen molar-refractivity contribution in [3.63, 3.8) is 0 Å². The van der Waals surface area contributed by atoms with Crippen molar-refractivity contribution in [3.8, 4) is 0 Å².